The summed E-state index contributed by atoms with van der Waals surface area (Å²) in [5.74, 6) is -0.466. The van der Waals surface area contributed by atoms with Crippen molar-refractivity contribution in [3.8, 4) is 0 Å². The number of carbonyl (C=O) groups excluding carboxylic acids is 3. The van der Waals surface area contributed by atoms with E-state index in [-0.39, 0.29) is 17.4 Å². The lowest BCUT2D eigenvalue weighted by Crippen LogP contribution is -2.48. The molecule has 0 saturated carbocycles. The van der Waals surface area contributed by atoms with Crippen LogP contribution in [0.3, 0.4) is 0 Å². The van der Waals surface area contributed by atoms with Gasteiger partial charge in [-0.3, -0.25) is 19.3 Å². The molecular formula is C14H16N2O3S. The van der Waals surface area contributed by atoms with Crippen LogP contribution < -0.4 is 10.6 Å². The molecular weight excluding hydrogens is 276 g/mol. The number of nitrogens with two attached hydrogens (primary N) is 1. The number of hydrogen-bond donors (Lipinski definition) is 1. The van der Waals surface area contributed by atoms with Crippen molar-refractivity contribution in [2.45, 2.75) is 31.2 Å². The van der Waals surface area contributed by atoms with Crippen LogP contribution in [0.5, 0.6) is 0 Å². The number of carbonyl (C=O) groups is 3. The number of anilines is 1. The largest absolute Gasteiger partial charge is 0.368 e. The Balaban J connectivity index is 2.50. The van der Waals surface area contributed by atoms with E-state index in [0.717, 1.165) is 4.90 Å². The minimum absolute atomic E-state index is 0.00232. The number of benzene rings is 1. The van der Waals surface area contributed by atoms with Gasteiger partial charge >= 0.3 is 0 Å². The first-order chi connectivity index (χ1) is 9.45. The second-order valence-electron chi connectivity index (χ2n) is 4.59. The fourth-order valence-corrected chi connectivity index (χ4v) is 2.99. The third-order valence-corrected chi connectivity index (χ3v) is 4.33. The number of Topliss-reactive ketones (excluding diaryl/α,β-unsaturated/α-hetero) is 1. The Kier molecular flexibility index (Phi) is 4.13. The van der Waals surface area contributed by atoms with Gasteiger partial charge < -0.3 is 5.73 Å². The van der Waals surface area contributed by atoms with E-state index in [1.807, 2.05) is 6.07 Å². The van der Waals surface area contributed by atoms with E-state index in [4.69, 9.17) is 5.73 Å². The highest BCUT2D eigenvalue weighted by Crippen LogP contribution is 2.37. The smallest absolute Gasteiger partial charge is 0.240 e. The van der Waals surface area contributed by atoms with Gasteiger partial charge in [0.2, 0.25) is 11.8 Å². The van der Waals surface area contributed by atoms with Crippen LogP contribution in [0.2, 0.25) is 0 Å². The van der Waals surface area contributed by atoms with Crippen LogP contribution in [0.4, 0.5) is 5.69 Å². The van der Waals surface area contributed by atoms with Gasteiger partial charge in [0, 0.05) is 16.9 Å². The Hall–Kier alpha value is -1.82. The molecule has 5 nitrogen and oxygen atoms in total. The maximum absolute atomic E-state index is 12.1. The number of primary amides is 1. The maximum atomic E-state index is 12.1. The van der Waals surface area contributed by atoms with Gasteiger partial charge in [0.05, 0.1) is 11.4 Å². The second kappa shape index (κ2) is 5.66. The zero-order chi connectivity index (χ0) is 14.9. The molecule has 0 saturated heterocycles. The summed E-state index contributed by atoms with van der Waals surface area (Å²) >= 11 is 1.40. The number of fused-ring (bicyclic) bond motifs is 1. The Bertz CT molecular complexity index is 586. The number of amides is 2. The molecule has 106 valence electrons. The SMILES string of the molecule is CCC(=O)c1ccc2c(c1)N(C(C)C(N)=O)C(=O)CS2. The lowest BCUT2D eigenvalue weighted by Gasteiger charge is -2.32. The first-order valence-electron chi connectivity index (χ1n) is 6.37. The average molecular weight is 292 g/mol. The molecule has 0 aromatic heterocycles. The molecule has 1 aromatic rings. The van der Waals surface area contributed by atoms with E-state index in [2.05, 4.69) is 0 Å². The fourth-order valence-electron chi connectivity index (χ4n) is 2.10. The number of ketones is 1. The highest BCUT2D eigenvalue weighted by Gasteiger charge is 2.31. The van der Waals surface area contributed by atoms with Crippen molar-refractivity contribution in [1.29, 1.82) is 0 Å². The molecule has 2 amide bonds. The van der Waals surface area contributed by atoms with Crippen LogP contribution in [0.25, 0.3) is 0 Å². The number of rotatable bonds is 4. The van der Waals surface area contributed by atoms with Crippen LogP contribution in [-0.2, 0) is 9.59 Å². The average Bonchev–Trinajstić information content (AvgIpc) is 2.44. The van der Waals surface area contributed by atoms with E-state index >= 15 is 0 Å². The van der Waals surface area contributed by atoms with Crippen molar-refractivity contribution >= 4 is 35.0 Å². The number of hydrogen-bond acceptors (Lipinski definition) is 4. The van der Waals surface area contributed by atoms with Crippen molar-refractivity contribution in [3.63, 3.8) is 0 Å². The van der Waals surface area contributed by atoms with Crippen molar-refractivity contribution < 1.29 is 14.4 Å². The molecule has 0 bridgehead atoms. The quantitative estimate of drug-likeness (QED) is 0.855. The minimum atomic E-state index is -0.728. The Morgan fingerprint density at radius 1 is 1.45 bits per heavy atom. The highest BCUT2D eigenvalue weighted by molar-refractivity contribution is 8.00. The third kappa shape index (κ3) is 2.56. The molecule has 2 rings (SSSR count). The van der Waals surface area contributed by atoms with Gasteiger partial charge in [0.1, 0.15) is 6.04 Å². The van der Waals surface area contributed by atoms with Gasteiger partial charge in [-0.1, -0.05) is 13.0 Å². The molecule has 1 aromatic carbocycles. The Morgan fingerprint density at radius 2 is 2.15 bits per heavy atom. The van der Waals surface area contributed by atoms with E-state index in [1.165, 1.54) is 16.7 Å². The predicted molar refractivity (Wildman–Crippen MR) is 77.9 cm³/mol. The second-order valence-corrected chi connectivity index (χ2v) is 5.61. The lowest BCUT2D eigenvalue weighted by molar-refractivity contribution is -0.123. The monoisotopic (exact) mass is 292 g/mol. The zero-order valence-electron chi connectivity index (χ0n) is 11.4. The standard InChI is InChI=1S/C14H16N2O3S/c1-3-11(17)9-4-5-12-10(6-9)16(8(2)14(15)19)13(18)7-20-12/h4-6,8H,3,7H2,1-2H3,(H2,15,19). The van der Waals surface area contributed by atoms with Crippen LogP contribution in [-0.4, -0.2) is 29.4 Å². The lowest BCUT2D eigenvalue weighted by atomic mass is 10.1. The summed E-state index contributed by atoms with van der Waals surface area (Å²) < 4.78 is 0. The summed E-state index contributed by atoms with van der Waals surface area (Å²) in [6, 6.07) is 4.51. The van der Waals surface area contributed by atoms with Gasteiger partial charge in [-0.2, -0.15) is 0 Å². The van der Waals surface area contributed by atoms with Gasteiger partial charge in [0.15, 0.2) is 5.78 Å². The molecule has 6 heteroatoms. The van der Waals surface area contributed by atoms with Crippen LogP contribution >= 0.6 is 11.8 Å². The Labute approximate surface area is 121 Å². The van der Waals surface area contributed by atoms with Gasteiger partial charge in [-0.25, -0.2) is 0 Å². The summed E-state index contributed by atoms with van der Waals surface area (Å²) in [5.41, 5.74) is 6.44. The summed E-state index contributed by atoms with van der Waals surface area (Å²) in [6.45, 7) is 3.37. The van der Waals surface area contributed by atoms with Crippen molar-refractivity contribution in [2.24, 2.45) is 5.73 Å². The first kappa shape index (κ1) is 14.6. The van der Waals surface area contributed by atoms with Crippen LogP contribution in [0, 0.1) is 0 Å². The third-order valence-electron chi connectivity index (χ3n) is 3.28. The number of thioether (sulfide) groups is 1. The molecule has 0 fully saturated rings. The first-order valence-corrected chi connectivity index (χ1v) is 7.35. The topological polar surface area (TPSA) is 80.5 Å². The van der Waals surface area contributed by atoms with E-state index < -0.39 is 11.9 Å². The molecule has 1 unspecified atom stereocenters. The molecule has 1 heterocycles. The highest BCUT2D eigenvalue weighted by atomic mass is 32.2. The molecule has 0 spiro atoms. The molecule has 1 aliphatic heterocycles. The van der Waals surface area contributed by atoms with Crippen LogP contribution in [0.15, 0.2) is 23.1 Å². The molecule has 0 radical (unpaired) electrons. The summed E-state index contributed by atoms with van der Waals surface area (Å²) in [6.07, 6.45) is 0.394. The molecule has 2 N–H and O–H groups in total. The van der Waals surface area contributed by atoms with E-state index in [9.17, 15) is 14.4 Å². The molecule has 1 aliphatic rings. The van der Waals surface area contributed by atoms with Gasteiger partial charge in [-0.05, 0) is 19.1 Å². The number of nitrogens with zero attached hydrogens (tertiary/aromatic N) is 1. The van der Waals surface area contributed by atoms with Crippen molar-refractivity contribution in [2.75, 3.05) is 10.7 Å². The molecule has 20 heavy (non-hydrogen) atoms. The van der Waals surface area contributed by atoms with Gasteiger partial charge in [0.25, 0.3) is 0 Å². The van der Waals surface area contributed by atoms with E-state index in [1.54, 1.807) is 26.0 Å². The summed E-state index contributed by atoms with van der Waals surface area (Å²) in [7, 11) is 0. The van der Waals surface area contributed by atoms with Crippen molar-refractivity contribution in [3.05, 3.63) is 23.8 Å². The Morgan fingerprint density at radius 3 is 2.75 bits per heavy atom. The summed E-state index contributed by atoms with van der Waals surface area (Å²) in [4.78, 5) is 37.5. The molecule has 1 atom stereocenters. The van der Waals surface area contributed by atoms with E-state index in [0.29, 0.717) is 17.7 Å². The van der Waals surface area contributed by atoms with Gasteiger partial charge in [-0.15, -0.1) is 11.8 Å². The summed E-state index contributed by atoms with van der Waals surface area (Å²) in [5, 5.41) is 0. The maximum Gasteiger partial charge on any atom is 0.240 e. The molecule has 0 aliphatic carbocycles. The zero-order valence-corrected chi connectivity index (χ0v) is 12.2. The van der Waals surface area contributed by atoms with Crippen LogP contribution in [0.1, 0.15) is 30.6 Å². The normalized spacial score (nSPS) is 15.7. The predicted octanol–water partition coefficient (Wildman–Crippen LogP) is 1.59. The minimum Gasteiger partial charge on any atom is -0.368 e. The fraction of sp³-hybridized carbons (Fsp3) is 0.357. The van der Waals surface area contributed by atoms with Crippen molar-refractivity contribution in [1.82, 2.24) is 0 Å².